The fraction of sp³-hybridized carbons (Fsp3) is 0.438. The first-order valence-electron chi connectivity index (χ1n) is 7.45. The lowest BCUT2D eigenvalue weighted by Crippen LogP contribution is -2.49. The number of hydrogen-bond donors (Lipinski definition) is 0. The minimum Gasteiger partial charge on any atom is -0.338 e. The van der Waals surface area contributed by atoms with Gasteiger partial charge in [-0.2, -0.15) is 0 Å². The molecule has 5 nitrogen and oxygen atoms in total. The highest BCUT2D eigenvalue weighted by Crippen LogP contribution is 2.18. The van der Waals surface area contributed by atoms with Gasteiger partial charge in [0.05, 0.1) is 0 Å². The van der Waals surface area contributed by atoms with Gasteiger partial charge in [0, 0.05) is 68.1 Å². The van der Waals surface area contributed by atoms with E-state index >= 15 is 0 Å². The summed E-state index contributed by atoms with van der Waals surface area (Å²) in [5.74, 6) is 0.825. The lowest BCUT2D eigenvalue weighted by molar-refractivity contribution is 0.208. The van der Waals surface area contributed by atoms with Crippen LogP contribution < -0.4 is 4.90 Å². The van der Waals surface area contributed by atoms with E-state index < -0.39 is 0 Å². The van der Waals surface area contributed by atoms with Gasteiger partial charge in [-0.1, -0.05) is 6.07 Å². The van der Waals surface area contributed by atoms with Crippen LogP contribution in [0.2, 0.25) is 0 Å². The third-order valence-corrected chi connectivity index (χ3v) is 3.96. The number of halogens is 3. The Morgan fingerprint density at radius 3 is 2.00 bits per heavy atom. The summed E-state index contributed by atoms with van der Waals surface area (Å²) in [6.07, 6.45) is 7.37. The molecule has 24 heavy (non-hydrogen) atoms. The molecule has 0 atom stereocenters. The number of pyridine rings is 1. The van der Waals surface area contributed by atoms with E-state index in [0.29, 0.717) is 6.04 Å². The Balaban J connectivity index is 0.00000176. The summed E-state index contributed by atoms with van der Waals surface area (Å²) in [6.45, 7) is 8.62. The van der Waals surface area contributed by atoms with E-state index in [0.717, 1.165) is 43.3 Å². The third kappa shape index (κ3) is 5.45. The van der Waals surface area contributed by atoms with Crippen molar-refractivity contribution in [3.63, 3.8) is 0 Å². The van der Waals surface area contributed by atoms with Crippen LogP contribution in [0.1, 0.15) is 13.8 Å². The molecule has 0 saturated carbocycles. The topological polar surface area (TPSA) is 45.2 Å². The van der Waals surface area contributed by atoms with Crippen molar-refractivity contribution in [1.82, 2.24) is 19.9 Å². The average molecular weight is 393 g/mol. The van der Waals surface area contributed by atoms with Gasteiger partial charge in [-0.15, -0.1) is 37.2 Å². The summed E-state index contributed by atoms with van der Waals surface area (Å²) in [5, 5.41) is 0. The molecule has 3 heterocycles. The predicted octanol–water partition coefficient (Wildman–Crippen LogP) is 3.33. The molecule has 0 aliphatic carbocycles. The van der Waals surface area contributed by atoms with E-state index in [1.54, 1.807) is 6.20 Å². The van der Waals surface area contributed by atoms with Crippen molar-refractivity contribution in [2.45, 2.75) is 19.9 Å². The van der Waals surface area contributed by atoms with Crippen molar-refractivity contribution in [3.8, 4) is 11.1 Å². The van der Waals surface area contributed by atoms with Gasteiger partial charge in [-0.25, -0.2) is 9.97 Å². The second kappa shape index (κ2) is 10.7. The zero-order valence-corrected chi connectivity index (χ0v) is 16.3. The molecular formula is C16H24Cl3N5. The summed E-state index contributed by atoms with van der Waals surface area (Å²) in [6, 6.07) is 4.56. The largest absolute Gasteiger partial charge is 0.338 e. The minimum absolute atomic E-state index is 0. The molecule has 0 spiro atoms. The van der Waals surface area contributed by atoms with E-state index in [9.17, 15) is 0 Å². The predicted molar refractivity (Wildman–Crippen MR) is 106 cm³/mol. The molecule has 0 bridgehead atoms. The van der Waals surface area contributed by atoms with Crippen molar-refractivity contribution in [2.24, 2.45) is 0 Å². The van der Waals surface area contributed by atoms with Crippen LogP contribution in [0.5, 0.6) is 0 Å². The number of hydrogen-bond acceptors (Lipinski definition) is 5. The summed E-state index contributed by atoms with van der Waals surface area (Å²) >= 11 is 0. The maximum absolute atomic E-state index is 4.52. The average Bonchev–Trinajstić information content (AvgIpc) is 2.56. The molecule has 0 aromatic carbocycles. The fourth-order valence-electron chi connectivity index (χ4n) is 2.61. The Morgan fingerprint density at radius 2 is 1.50 bits per heavy atom. The molecule has 2 aromatic heterocycles. The van der Waals surface area contributed by atoms with E-state index in [1.807, 2.05) is 30.7 Å². The summed E-state index contributed by atoms with van der Waals surface area (Å²) < 4.78 is 0. The lowest BCUT2D eigenvalue weighted by Gasteiger charge is -2.36. The van der Waals surface area contributed by atoms with Crippen molar-refractivity contribution in [3.05, 3.63) is 36.9 Å². The van der Waals surface area contributed by atoms with Crippen LogP contribution in [-0.2, 0) is 0 Å². The van der Waals surface area contributed by atoms with Crippen LogP contribution in [0.15, 0.2) is 36.9 Å². The lowest BCUT2D eigenvalue weighted by atomic mass is 10.2. The Labute approximate surface area is 162 Å². The molecule has 1 aliphatic heterocycles. The second-order valence-electron chi connectivity index (χ2n) is 5.63. The highest BCUT2D eigenvalue weighted by Gasteiger charge is 2.20. The van der Waals surface area contributed by atoms with Gasteiger partial charge in [0.1, 0.15) is 0 Å². The second-order valence-corrected chi connectivity index (χ2v) is 5.63. The number of piperazine rings is 1. The van der Waals surface area contributed by atoms with Gasteiger partial charge in [0.2, 0.25) is 5.95 Å². The van der Waals surface area contributed by atoms with Gasteiger partial charge in [-0.3, -0.25) is 9.88 Å². The summed E-state index contributed by atoms with van der Waals surface area (Å²) in [7, 11) is 0. The van der Waals surface area contributed by atoms with Crippen molar-refractivity contribution >= 4 is 43.2 Å². The molecular weight excluding hydrogens is 369 g/mol. The molecule has 1 aliphatic rings. The Kier molecular flexibility index (Phi) is 10.2. The standard InChI is InChI=1S/C16H21N5.3ClH/c1-13(2)20-6-8-21(9-7-20)16-18-11-15(12-19-16)14-4-3-5-17-10-14;;;/h3-5,10-13H,6-9H2,1-2H3;3*1H. The zero-order chi connectivity index (χ0) is 14.7. The molecule has 2 aromatic rings. The SMILES string of the molecule is CC(C)N1CCN(c2ncc(-c3cccnc3)cn2)CC1.Cl.Cl.Cl. The Hall–Kier alpha value is -1.14. The minimum atomic E-state index is 0. The summed E-state index contributed by atoms with van der Waals surface area (Å²) in [5.41, 5.74) is 2.06. The molecule has 0 N–H and O–H groups in total. The fourth-order valence-corrected chi connectivity index (χ4v) is 2.61. The first-order valence-corrected chi connectivity index (χ1v) is 7.45. The first kappa shape index (κ1) is 22.9. The van der Waals surface area contributed by atoms with Crippen LogP contribution in [0.25, 0.3) is 11.1 Å². The normalized spacial score (nSPS) is 14.4. The monoisotopic (exact) mass is 391 g/mol. The first-order chi connectivity index (χ1) is 10.2. The van der Waals surface area contributed by atoms with E-state index in [-0.39, 0.29) is 37.2 Å². The molecule has 0 radical (unpaired) electrons. The van der Waals surface area contributed by atoms with Gasteiger partial charge >= 0.3 is 0 Å². The van der Waals surface area contributed by atoms with Crippen molar-refractivity contribution < 1.29 is 0 Å². The van der Waals surface area contributed by atoms with Gasteiger partial charge in [0.15, 0.2) is 0 Å². The highest BCUT2D eigenvalue weighted by molar-refractivity contribution is 5.86. The molecule has 0 amide bonds. The third-order valence-electron chi connectivity index (χ3n) is 3.96. The number of anilines is 1. The van der Waals surface area contributed by atoms with Gasteiger partial charge < -0.3 is 4.90 Å². The molecule has 8 heteroatoms. The Bertz CT molecular complexity index is 572. The van der Waals surface area contributed by atoms with E-state index in [1.165, 1.54) is 0 Å². The van der Waals surface area contributed by atoms with Crippen LogP contribution in [0.4, 0.5) is 5.95 Å². The zero-order valence-electron chi connectivity index (χ0n) is 13.8. The number of nitrogens with zero attached hydrogens (tertiary/aromatic N) is 5. The molecule has 134 valence electrons. The van der Waals surface area contributed by atoms with Crippen molar-refractivity contribution in [2.75, 3.05) is 31.1 Å². The maximum atomic E-state index is 4.52. The van der Waals surface area contributed by atoms with E-state index in [2.05, 4.69) is 38.6 Å². The molecule has 1 saturated heterocycles. The smallest absolute Gasteiger partial charge is 0.225 e. The van der Waals surface area contributed by atoms with Crippen LogP contribution in [0.3, 0.4) is 0 Å². The van der Waals surface area contributed by atoms with Gasteiger partial charge in [-0.05, 0) is 19.9 Å². The number of aromatic nitrogens is 3. The summed E-state index contributed by atoms with van der Waals surface area (Å²) in [4.78, 5) is 17.9. The molecule has 3 rings (SSSR count). The maximum Gasteiger partial charge on any atom is 0.225 e. The Morgan fingerprint density at radius 1 is 0.875 bits per heavy atom. The van der Waals surface area contributed by atoms with Crippen molar-refractivity contribution in [1.29, 1.82) is 0 Å². The van der Waals surface area contributed by atoms with Crippen LogP contribution >= 0.6 is 37.2 Å². The van der Waals surface area contributed by atoms with Crippen LogP contribution in [-0.4, -0.2) is 52.1 Å². The van der Waals surface area contributed by atoms with E-state index in [4.69, 9.17) is 0 Å². The molecule has 1 fully saturated rings. The van der Waals surface area contributed by atoms with Crippen LogP contribution in [0, 0.1) is 0 Å². The van der Waals surface area contributed by atoms with Gasteiger partial charge in [0.25, 0.3) is 0 Å². The quantitative estimate of drug-likeness (QED) is 0.801. The molecule has 0 unspecified atom stereocenters. The number of rotatable bonds is 3. The highest BCUT2D eigenvalue weighted by atomic mass is 35.5.